The summed E-state index contributed by atoms with van der Waals surface area (Å²) in [5.41, 5.74) is 0. The molecule has 0 amide bonds. The summed E-state index contributed by atoms with van der Waals surface area (Å²) < 4.78 is 0. The van der Waals surface area contributed by atoms with Crippen LogP contribution in [0, 0.1) is 17.8 Å². The van der Waals surface area contributed by atoms with E-state index in [-0.39, 0.29) is 9.90 Å². The van der Waals surface area contributed by atoms with Gasteiger partial charge in [-0.15, -0.1) is 0 Å². The molecule has 1 aliphatic rings. The van der Waals surface area contributed by atoms with Crippen LogP contribution in [0.25, 0.3) is 0 Å². The van der Waals surface area contributed by atoms with Crippen LogP contribution in [0.1, 0.15) is 40.0 Å². The number of hydrogen-bond acceptors (Lipinski definition) is 0. The number of rotatable bonds is 1. The summed E-state index contributed by atoms with van der Waals surface area (Å²) in [6, 6.07) is 0. The molecular formula is C10H24BP. The first-order valence-corrected chi connectivity index (χ1v) is 5.11. The first-order chi connectivity index (χ1) is 5.11. The summed E-state index contributed by atoms with van der Waals surface area (Å²) >= 11 is 0. The topological polar surface area (TPSA) is 0 Å². The van der Waals surface area contributed by atoms with Gasteiger partial charge < -0.3 is 0 Å². The second-order valence-electron chi connectivity index (χ2n) is 4.80. The zero-order chi connectivity index (χ0) is 8.43. The molecule has 4 unspecified atom stereocenters. The highest BCUT2D eigenvalue weighted by Crippen LogP contribution is 2.39. The van der Waals surface area contributed by atoms with Gasteiger partial charge in [-0.3, -0.25) is 0 Å². The Bertz CT molecular complexity index is 125. The van der Waals surface area contributed by atoms with Gasteiger partial charge in [0.05, 0.1) is 0 Å². The lowest BCUT2D eigenvalue weighted by Gasteiger charge is -2.35. The average Bonchev–Trinajstić information content (AvgIpc) is 1.85. The maximum atomic E-state index is 2.43. The Morgan fingerprint density at radius 2 is 1.83 bits per heavy atom. The quantitative estimate of drug-likeness (QED) is 0.436. The van der Waals surface area contributed by atoms with Gasteiger partial charge in [0, 0.05) is 0 Å². The molecule has 0 spiro atoms. The molecule has 0 N–H and O–H groups in total. The molecule has 0 nitrogen and oxygen atoms in total. The third-order valence-corrected chi connectivity index (χ3v) is 3.35. The van der Waals surface area contributed by atoms with Gasteiger partial charge in [0.15, 0.2) is 0 Å². The van der Waals surface area contributed by atoms with Crippen LogP contribution in [0.3, 0.4) is 0 Å². The summed E-state index contributed by atoms with van der Waals surface area (Å²) in [6.07, 6.45) is 4.40. The van der Waals surface area contributed by atoms with Gasteiger partial charge >= 0.3 is 0 Å². The third kappa shape index (κ3) is 3.09. The molecule has 0 aromatic carbocycles. The van der Waals surface area contributed by atoms with Gasteiger partial charge in [0.2, 0.25) is 0 Å². The highest BCUT2D eigenvalue weighted by atomic mass is 31.0. The second-order valence-corrected chi connectivity index (χ2v) is 4.80. The molecule has 12 heavy (non-hydrogen) atoms. The SMILES string of the molecule is BC1CC(C)CCC1C(C)C.P. The van der Waals surface area contributed by atoms with Crippen LogP contribution < -0.4 is 0 Å². The maximum Gasteiger partial charge on any atom is 0.105 e. The molecule has 0 aromatic heterocycles. The predicted molar refractivity (Wildman–Crippen MR) is 64.7 cm³/mol. The summed E-state index contributed by atoms with van der Waals surface area (Å²) in [6.45, 7) is 7.14. The molecule has 0 saturated heterocycles. The van der Waals surface area contributed by atoms with Crippen LogP contribution in [0.2, 0.25) is 5.82 Å². The van der Waals surface area contributed by atoms with Crippen molar-refractivity contribution in [3.05, 3.63) is 0 Å². The first kappa shape index (κ1) is 12.5. The molecule has 0 bridgehead atoms. The van der Waals surface area contributed by atoms with E-state index in [1.165, 1.54) is 19.3 Å². The number of hydrogen-bond donors (Lipinski definition) is 0. The van der Waals surface area contributed by atoms with Crippen molar-refractivity contribution >= 4 is 17.7 Å². The molecule has 1 saturated carbocycles. The van der Waals surface area contributed by atoms with E-state index in [4.69, 9.17) is 0 Å². The zero-order valence-electron chi connectivity index (χ0n) is 9.14. The van der Waals surface area contributed by atoms with E-state index in [2.05, 4.69) is 28.6 Å². The Morgan fingerprint density at radius 1 is 1.25 bits per heavy atom. The van der Waals surface area contributed by atoms with Crippen molar-refractivity contribution in [3.8, 4) is 0 Å². The van der Waals surface area contributed by atoms with Crippen molar-refractivity contribution in [2.24, 2.45) is 17.8 Å². The van der Waals surface area contributed by atoms with Crippen molar-refractivity contribution in [2.75, 3.05) is 0 Å². The Kier molecular flexibility index (Phi) is 5.49. The van der Waals surface area contributed by atoms with Crippen LogP contribution in [-0.2, 0) is 0 Å². The molecule has 4 atom stereocenters. The zero-order valence-corrected chi connectivity index (χ0v) is 10.6. The summed E-state index contributed by atoms with van der Waals surface area (Å²) in [4.78, 5) is 0. The predicted octanol–water partition coefficient (Wildman–Crippen LogP) is 2.56. The summed E-state index contributed by atoms with van der Waals surface area (Å²) in [5.74, 6) is 3.86. The fourth-order valence-electron chi connectivity index (χ4n) is 2.68. The molecule has 2 heteroatoms. The van der Waals surface area contributed by atoms with Crippen LogP contribution in [0.4, 0.5) is 0 Å². The second kappa shape index (κ2) is 5.27. The van der Waals surface area contributed by atoms with Crippen LogP contribution >= 0.6 is 9.90 Å². The van der Waals surface area contributed by atoms with Crippen molar-refractivity contribution in [1.29, 1.82) is 0 Å². The Morgan fingerprint density at radius 3 is 2.25 bits per heavy atom. The molecule has 0 radical (unpaired) electrons. The van der Waals surface area contributed by atoms with Gasteiger partial charge in [-0.05, 0) is 17.8 Å². The van der Waals surface area contributed by atoms with Gasteiger partial charge in [-0.2, -0.15) is 9.90 Å². The standard InChI is InChI=1S/C10H21B.H3P/c1-7(2)9-5-4-8(3)6-10(9)11;/h7-10H,4-6,11H2,1-3H3;1H3. The van der Waals surface area contributed by atoms with Gasteiger partial charge in [0.1, 0.15) is 7.85 Å². The van der Waals surface area contributed by atoms with E-state index in [1.54, 1.807) is 0 Å². The average molecular weight is 186 g/mol. The summed E-state index contributed by atoms with van der Waals surface area (Å²) in [5, 5.41) is 0. The van der Waals surface area contributed by atoms with E-state index in [9.17, 15) is 0 Å². The lowest BCUT2D eigenvalue weighted by molar-refractivity contribution is 0.236. The minimum absolute atomic E-state index is 0. The summed E-state index contributed by atoms with van der Waals surface area (Å²) in [7, 11) is 2.43. The fraction of sp³-hybridized carbons (Fsp3) is 1.00. The van der Waals surface area contributed by atoms with Gasteiger partial charge in [-0.1, -0.05) is 45.9 Å². The lowest BCUT2D eigenvalue weighted by atomic mass is 9.62. The highest BCUT2D eigenvalue weighted by Gasteiger charge is 2.26. The Labute approximate surface area is 81.9 Å². The molecule has 1 fully saturated rings. The Hall–Kier alpha value is 0.495. The smallest absolute Gasteiger partial charge is 0.105 e. The molecule has 0 heterocycles. The highest BCUT2D eigenvalue weighted by molar-refractivity contribution is 6.92. The van der Waals surface area contributed by atoms with Crippen molar-refractivity contribution in [3.63, 3.8) is 0 Å². The van der Waals surface area contributed by atoms with Crippen LogP contribution in [0.15, 0.2) is 0 Å². The van der Waals surface area contributed by atoms with Crippen LogP contribution in [0.5, 0.6) is 0 Å². The van der Waals surface area contributed by atoms with Crippen molar-refractivity contribution in [1.82, 2.24) is 0 Å². The van der Waals surface area contributed by atoms with Crippen molar-refractivity contribution in [2.45, 2.75) is 45.9 Å². The van der Waals surface area contributed by atoms with E-state index in [0.717, 1.165) is 23.6 Å². The minimum Gasteiger partial charge on any atom is -0.153 e. The largest absolute Gasteiger partial charge is 0.153 e. The molecule has 1 aliphatic carbocycles. The third-order valence-electron chi connectivity index (χ3n) is 3.35. The van der Waals surface area contributed by atoms with E-state index in [0.29, 0.717) is 0 Å². The maximum absolute atomic E-state index is 2.43. The van der Waals surface area contributed by atoms with Gasteiger partial charge in [0.25, 0.3) is 0 Å². The van der Waals surface area contributed by atoms with Crippen molar-refractivity contribution < 1.29 is 0 Å². The van der Waals surface area contributed by atoms with Crippen LogP contribution in [-0.4, -0.2) is 7.85 Å². The molecule has 0 aromatic rings. The van der Waals surface area contributed by atoms with E-state index in [1.807, 2.05) is 0 Å². The molecular weight excluding hydrogens is 162 g/mol. The lowest BCUT2D eigenvalue weighted by Crippen LogP contribution is -2.23. The van der Waals surface area contributed by atoms with Gasteiger partial charge in [-0.25, -0.2) is 0 Å². The molecule has 1 rings (SSSR count). The molecule has 72 valence electrons. The first-order valence-electron chi connectivity index (χ1n) is 5.11. The molecule has 0 aliphatic heterocycles. The Balaban J connectivity index is 0.00000121. The monoisotopic (exact) mass is 186 g/mol. The fourth-order valence-corrected chi connectivity index (χ4v) is 2.68. The van der Waals surface area contributed by atoms with E-state index >= 15 is 0 Å². The van der Waals surface area contributed by atoms with E-state index < -0.39 is 0 Å². The minimum atomic E-state index is 0. The normalized spacial score (nSPS) is 36.2.